The Hall–Kier alpha value is -1.55. The molecule has 1 aliphatic rings. The minimum absolute atomic E-state index is 0.311. The van der Waals surface area contributed by atoms with Crippen LogP contribution in [0.5, 0.6) is 0 Å². The van der Waals surface area contributed by atoms with Crippen LogP contribution in [0.2, 0.25) is 0 Å². The maximum Gasteiger partial charge on any atom is 0.412 e. The third-order valence-electron chi connectivity index (χ3n) is 3.90. The summed E-state index contributed by atoms with van der Waals surface area (Å²) in [4.78, 5) is 11.7. The Morgan fingerprint density at radius 3 is 2.27 bits per heavy atom. The molecule has 2 rings (SSSR count). The lowest BCUT2D eigenvalue weighted by Crippen LogP contribution is -2.30. The van der Waals surface area contributed by atoms with Crippen molar-refractivity contribution in [1.82, 2.24) is 5.32 Å². The summed E-state index contributed by atoms with van der Waals surface area (Å²) in [5.74, 6) is 0.843. The third kappa shape index (κ3) is 5.34. The van der Waals surface area contributed by atoms with Gasteiger partial charge in [0.2, 0.25) is 0 Å². The first kappa shape index (κ1) is 16.8. The Kier molecular flexibility index (Phi) is 5.12. The van der Waals surface area contributed by atoms with Crippen LogP contribution in [0.1, 0.15) is 59.1 Å². The maximum absolute atomic E-state index is 11.7. The van der Waals surface area contributed by atoms with Crippen LogP contribution in [0.3, 0.4) is 0 Å². The number of rotatable bonds is 5. The molecule has 2 atom stereocenters. The lowest BCUT2D eigenvalue weighted by molar-refractivity contribution is 0.0636. The van der Waals surface area contributed by atoms with Crippen molar-refractivity contribution in [2.45, 2.75) is 65.1 Å². The third-order valence-corrected chi connectivity index (χ3v) is 3.90. The fourth-order valence-corrected chi connectivity index (χ4v) is 2.50. The molecule has 22 heavy (non-hydrogen) atoms. The summed E-state index contributed by atoms with van der Waals surface area (Å²) in [6.45, 7) is 9.99. The van der Waals surface area contributed by atoms with Gasteiger partial charge >= 0.3 is 6.09 Å². The summed E-state index contributed by atoms with van der Waals surface area (Å²) in [5, 5.41) is 6.39. The second-order valence-electron chi connectivity index (χ2n) is 7.26. The fourth-order valence-electron chi connectivity index (χ4n) is 2.50. The molecule has 0 aliphatic heterocycles. The van der Waals surface area contributed by atoms with Gasteiger partial charge in [0, 0.05) is 17.8 Å². The quantitative estimate of drug-likeness (QED) is 0.843. The molecule has 1 amide bonds. The highest BCUT2D eigenvalue weighted by molar-refractivity contribution is 5.84. The molecule has 0 radical (unpaired) electrons. The van der Waals surface area contributed by atoms with Gasteiger partial charge in [0.15, 0.2) is 0 Å². The molecule has 1 aromatic carbocycles. The van der Waals surface area contributed by atoms with Crippen molar-refractivity contribution >= 4 is 11.8 Å². The summed E-state index contributed by atoms with van der Waals surface area (Å²) in [7, 11) is 0. The maximum atomic E-state index is 11.7. The molecule has 0 aromatic heterocycles. The SMILES string of the molecule is CC(NC(C)C1CC1)c1ccc(NC(=O)OC(C)(C)C)cc1. The van der Waals surface area contributed by atoms with Crippen LogP contribution in [0.4, 0.5) is 10.5 Å². The van der Waals surface area contributed by atoms with Gasteiger partial charge in [0.05, 0.1) is 0 Å². The Bertz CT molecular complexity index is 501. The average Bonchev–Trinajstić information content (AvgIpc) is 3.21. The number of carbonyl (C=O) groups is 1. The van der Waals surface area contributed by atoms with E-state index in [1.54, 1.807) is 0 Å². The number of ether oxygens (including phenoxy) is 1. The van der Waals surface area contributed by atoms with Gasteiger partial charge in [-0.2, -0.15) is 0 Å². The number of nitrogens with one attached hydrogen (secondary N) is 2. The summed E-state index contributed by atoms with van der Waals surface area (Å²) in [5.41, 5.74) is 1.49. The van der Waals surface area contributed by atoms with Crippen LogP contribution in [0.25, 0.3) is 0 Å². The van der Waals surface area contributed by atoms with E-state index in [1.807, 2.05) is 45.0 Å². The lowest BCUT2D eigenvalue weighted by atomic mass is 10.1. The molecule has 1 fully saturated rings. The van der Waals surface area contributed by atoms with E-state index in [2.05, 4.69) is 24.5 Å². The monoisotopic (exact) mass is 304 g/mol. The first-order valence-corrected chi connectivity index (χ1v) is 8.10. The standard InChI is InChI=1S/C18H28N2O2/c1-12(14-6-7-14)19-13(2)15-8-10-16(11-9-15)20-17(21)22-18(3,4)5/h8-14,19H,6-7H2,1-5H3,(H,20,21). The van der Waals surface area contributed by atoms with Crippen molar-refractivity contribution in [3.8, 4) is 0 Å². The van der Waals surface area contributed by atoms with Crippen molar-refractivity contribution in [2.24, 2.45) is 5.92 Å². The Morgan fingerprint density at radius 2 is 1.77 bits per heavy atom. The zero-order valence-corrected chi connectivity index (χ0v) is 14.3. The van der Waals surface area contributed by atoms with E-state index in [1.165, 1.54) is 18.4 Å². The molecule has 4 nitrogen and oxygen atoms in total. The molecule has 2 unspecified atom stereocenters. The predicted octanol–water partition coefficient (Wildman–Crippen LogP) is 4.48. The highest BCUT2D eigenvalue weighted by Gasteiger charge is 2.28. The van der Waals surface area contributed by atoms with Gasteiger partial charge < -0.3 is 10.1 Å². The minimum atomic E-state index is -0.485. The fraction of sp³-hybridized carbons (Fsp3) is 0.611. The van der Waals surface area contributed by atoms with Crippen LogP contribution >= 0.6 is 0 Å². The second kappa shape index (κ2) is 6.69. The van der Waals surface area contributed by atoms with E-state index in [4.69, 9.17) is 4.74 Å². The Morgan fingerprint density at radius 1 is 1.18 bits per heavy atom. The molecule has 1 aromatic rings. The van der Waals surface area contributed by atoms with E-state index >= 15 is 0 Å². The van der Waals surface area contributed by atoms with Crippen LogP contribution in [-0.4, -0.2) is 17.7 Å². The first-order valence-electron chi connectivity index (χ1n) is 8.10. The van der Waals surface area contributed by atoms with Gasteiger partial charge in [-0.05, 0) is 71.1 Å². The summed E-state index contributed by atoms with van der Waals surface area (Å²) >= 11 is 0. The Balaban J connectivity index is 1.87. The molecule has 4 heteroatoms. The highest BCUT2D eigenvalue weighted by atomic mass is 16.6. The lowest BCUT2D eigenvalue weighted by Gasteiger charge is -2.21. The van der Waals surface area contributed by atoms with Gasteiger partial charge in [-0.15, -0.1) is 0 Å². The molecular formula is C18H28N2O2. The van der Waals surface area contributed by atoms with Crippen LogP contribution < -0.4 is 10.6 Å². The van der Waals surface area contributed by atoms with Crippen LogP contribution in [-0.2, 0) is 4.74 Å². The van der Waals surface area contributed by atoms with Gasteiger partial charge in [-0.3, -0.25) is 5.32 Å². The Labute approximate surface area is 133 Å². The van der Waals surface area contributed by atoms with Gasteiger partial charge in [-0.1, -0.05) is 12.1 Å². The van der Waals surface area contributed by atoms with Crippen molar-refractivity contribution in [3.05, 3.63) is 29.8 Å². The summed E-state index contributed by atoms with van der Waals surface area (Å²) < 4.78 is 5.24. The molecule has 1 aliphatic carbocycles. The normalized spacial score (nSPS) is 17.7. The molecule has 0 spiro atoms. The highest BCUT2D eigenvalue weighted by Crippen LogP contribution is 2.33. The summed E-state index contributed by atoms with van der Waals surface area (Å²) in [6, 6.07) is 8.80. The second-order valence-corrected chi connectivity index (χ2v) is 7.26. The largest absolute Gasteiger partial charge is 0.444 e. The summed E-state index contributed by atoms with van der Waals surface area (Å²) in [6.07, 6.45) is 2.27. The predicted molar refractivity (Wildman–Crippen MR) is 90.0 cm³/mol. The average molecular weight is 304 g/mol. The van der Waals surface area contributed by atoms with Gasteiger partial charge in [0.1, 0.15) is 5.60 Å². The number of hydrogen-bond donors (Lipinski definition) is 2. The molecule has 0 bridgehead atoms. The van der Waals surface area contributed by atoms with Crippen molar-refractivity contribution < 1.29 is 9.53 Å². The molecule has 0 saturated heterocycles. The van der Waals surface area contributed by atoms with Gasteiger partial charge in [0.25, 0.3) is 0 Å². The van der Waals surface area contributed by atoms with E-state index in [9.17, 15) is 4.79 Å². The number of carbonyl (C=O) groups excluding carboxylic acids is 1. The van der Waals surface area contributed by atoms with Gasteiger partial charge in [-0.25, -0.2) is 4.79 Å². The van der Waals surface area contributed by atoms with E-state index in [0.717, 1.165) is 11.6 Å². The molecule has 122 valence electrons. The van der Waals surface area contributed by atoms with Crippen molar-refractivity contribution in [1.29, 1.82) is 0 Å². The zero-order chi connectivity index (χ0) is 16.3. The van der Waals surface area contributed by atoms with E-state index < -0.39 is 11.7 Å². The van der Waals surface area contributed by atoms with E-state index in [-0.39, 0.29) is 0 Å². The van der Waals surface area contributed by atoms with Crippen molar-refractivity contribution in [2.75, 3.05) is 5.32 Å². The topological polar surface area (TPSA) is 50.4 Å². The van der Waals surface area contributed by atoms with E-state index in [0.29, 0.717) is 12.1 Å². The number of amides is 1. The number of hydrogen-bond acceptors (Lipinski definition) is 3. The number of benzene rings is 1. The molecule has 1 saturated carbocycles. The number of anilines is 1. The first-order chi connectivity index (χ1) is 10.2. The zero-order valence-electron chi connectivity index (χ0n) is 14.3. The van der Waals surface area contributed by atoms with Crippen LogP contribution in [0, 0.1) is 5.92 Å². The molecule has 0 heterocycles. The molecule has 2 N–H and O–H groups in total. The smallest absolute Gasteiger partial charge is 0.412 e. The van der Waals surface area contributed by atoms with Crippen LogP contribution in [0.15, 0.2) is 24.3 Å². The van der Waals surface area contributed by atoms with Crippen molar-refractivity contribution in [3.63, 3.8) is 0 Å². The minimum Gasteiger partial charge on any atom is -0.444 e. The molecular weight excluding hydrogens is 276 g/mol.